The lowest BCUT2D eigenvalue weighted by molar-refractivity contribution is -0.138. The molecule has 0 fully saturated rings. The summed E-state index contributed by atoms with van der Waals surface area (Å²) in [7, 11) is 0. The Hall–Kier alpha value is -1.69. The van der Waals surface area contributed by atoms with E-state index in [1.54, 1.807) is 31.2 Å². The summed E-state index contributed by atoms with van der Waals surface area (Å²) in [6.45, 7) is 1.88. The number of azo groups is 1. The third kappa shape index (κ3) is 4.36. The monoisotopic (exact) mass is 298 g/mol. The molecule has 0 heterocycles. The molecule has 0 bridgehead atoms. The fourth-order valence-corrected chi connectivity index (χ4v) is 1.21. The molecule has 1 aromatic rings. The maximum absolute atomic E-state index is 11.2. The highest BCUT2D eigenvalue weighted by molar-refractivity contribution is 9.10. The number of carbonyl (C=O) groups excluding carboxylic acids is 1. The lowest BCUT2D eigenvalue weighted by Gasteiger charge is -1.99. The van der Waals surface area contributed by atoms with Gasteiger partial charge in [-0.05, 0) is 31.2 Å². The van der Waals surface area contributed by atoms with Crippen LogP contribution in [0.5, 0.6) is 0 Å². The summed E-state index contributed by atoms with van der Waals surface area (Å²) in [5, 5.41) is 16.2. The number of rotatable bonds is 4. The van der Waals surface area contributed by atoms with E-state index in [1.807, 2.05) is 0 Å². The summed E-state index contributed by atoms with van der Waals surface area (Å²) in [5.74, 6) is -0.712. The Balaban J connectivity index is 2.75. The van der Waals surface area contributed by atoms with Crippen molar-refractivity contribution in [3.63, 3.8) is 0 Å². The zero-order valence-corrected chi connectivity index (χ0v) is 10.7. The standard InChI is InChI=1S/C11H11BrN2O3/c1-2-17-11(16)10(7-15)14-13-9-5-3-8(12)4-6-9/h3-7,15H,2H2,1H3/b10-7+,14-13?. The lowest BCUT2D eigenvalue weighted by Crippen LogP contribution is -2.05. The first-order valence-electron chi connectivity index (χ1n) is 4.86. The Kier molecular flexibility index (Phi) is 5.35. The summed E-state index contributed by atoms with van der Waals surface area (Å²) in [5.41, 5.74) is 0.326. The van der Waals surface area contributed by atoms with Gasteiger partial charge in [-0.1, -0.05) is 15.9 Å². The molecule has 0 saturated heterocycles. The van der Waals surface area contributed by atoms with Crippen LogP contribution in [0.25, 0.3) is 0 Å². The van der Waals surface area contributed by atoms with Crippen molar-refractivity contribution in [2.75, 3.05) is 6.61 Å². The predicted molar refractivity (Wildman–Crippen MR) is 66.0 cm³/mol. The number of nitrogens with zero attached hydrogens (tertiary/aromatic N) is 2. The van der Waals surface area contributed by atoms with Crippen LogP contribution in [-0.4, -0.2) is 17.7 Å². The molecule has 0 spiro atoms. The molecule has 0 aromatic heterocycles. The van der Waals surface area contributed by atoms with Gasteiger partial charge < -0.3 is 9.84 Å². The Morgan fingerprint density at radius 1 is 1.47 bits per heavy atom. The maximum Gasteiger partial charge on any atom is 0.362 e. The van der Waals surface area contributed by atoms with Crippen LogP contribution in [0.1, 0.15) is 6.92 Å². The smallest absolute Gasteiger partial charge is 0.362 e. The number of hydrogen-bond acceptors (Lipinski definition) is 5. The van der Waals surface area contributed by atoms with Crippen molar-refractivity contribution in [2.45, 2.75) is 6.92 Å². The highest BCUT2D eigenvalue weighted by Gasteiger charge is 2.09. The molecule has 0 amide bonds. The van der Waals surface area contributed by atoms with E-state index < -0.39 is 5.97 Å². The van der Waals surface area contributed by atoms with Crippen LogP contribution in [0, 0.1) is 0 Å². The van der Waals surface area contributed by atoms with E-state index >= 15 is 0 Å². The second kappa shape index (κ2) is 6.80. The fraction of sp³-hybridized carbons (Fsp3) is 0.182. The van der Waals surface area contributed by atoms with Crippen molar-refractivity contribution in [3.8, 4) is 0 Å². The van der Waals surface area contributed by atoms with Gasteiger partial charge in [0, 0.05) is 4.47 Å². The van der Waals surface area contributed by atoms with E-state index in [-0.39, 0.29) is 12.3 Å². The summed E-state index contributed by atoms with van der Waals surface area (Å²) in [6, 6.07) is 7.02. The van der Waals surface area contributed by atoms with Gasteiger partial charge in [-0.3, -0.25) is 0 Å². The van der Waals surface area contributed by atoms with Gasteiger partial charge in [0.15, 0.2) is 0 Å². The first-order chi connectivity index (χ1) is 8.17. The van der Waals surface area contributed by atoms with Crippen LogP contribution in [0.4, 0.5) is 5.69 Å². The molecule has 1 aromatic carbocycles. The normalized spacial score (nSPS) is 11.8. The molecule has 0 atom stereocenters. The Morgan fingerprint density at radius 2 is 2.12 bits per heavy atom. The molecule has 5 nitrogen and oxygen atoms in total. The summed E-state index contributed by atoms with van der Waals surface area (Å²) >= 11 is 3.29. The molecule has 1 N–H and O–H groups in total. The van der Waals surface area contributed by atoms with Gasteiger partial charge >= 0.3 is 5.97 Å². The molecule has 0 saturated carbocycles. The van der Waals surface area contributed by atoms with Gasteiger partial charge in [0.25, 0.3) is 0 Å². The highest BCUT2D eigenvalue weighted by atomic mass is 79.9. The van der Waals surface area contributed by atoms with Crippen molar-refractivity contribution in [3.05, 3.63) is 40.7 Å². The number of aliphatic hydroxyl groups excluding tert-OH is 1. The molecule has 17 heavy (non-hydrogen) atoms. The SMILES string of the molecule is CCOC(=O)/C(=C\O)N=Nc1ccc(Br)cc1. The second-order valence-electron chi connectivity index (χ2n) is 2.91. The molecule has 6 heteroatoms. The van der Waals surface area contributed by atoms with Crippen LogP contribution < -0.4 is 0 Å². The van der Waals surface area contributed by atoms with Crippen molar-refractivity contribution >= 4 is 27.6 Å². The quantitative estimate of drug-likeness (QED) is 0.400. The zero-order valence-electron chi connectivity index (χ0n) is 9.13. The van der Waals surface area contributed by atoms with Crippen molar-refractivity contribution < 1.29 is 14.6 Å². The molecule has 90 valence electrons. The van der Waals surface area contributed by atoms with E-state index in [9.17, 15) is 4.79 Å². The number of esters is 1. The van der Waals surface area contributed by atoms with Crippen molar-refractivity contribution in [1.29, 1.82) is 0 Å². The number of hydrogen-bond donors (Lipinski definition) is 1. The molecule has 0 aliphatic rings. The van der Waals surface area contributed by atoms with Crippen LogP contribution >= 0.6 is 15.9 Å². The number of benzene rings is 1. The first-order valence-corrected chi connectivity index (χ1v) is 5.65. The van der Waals surface area contributed by atoms with Gasteiger partial charge in [-0.15, -0.1) is 5.11 Å². The lowest BCUT2D eigenvalue weighted by atomic mass is 10.3. The average Bonchev–Trinajstić information content (AvgIpc) is 2.32. The largest absolute Gasteiger partial charge is 0.513 e. The third-order valence-electron chi connectivity index (χ3n) is 1.71. The predicted octanol–water partition coefficient (Wildman–Crippen LogP) is 3.50. The Labute approximate surface area is 107 Å². The van der Waals surface area contributed by atoms with E-state index in [4.69, 9.17) is 5.11 Å². The molecule has 0 aliphatic carbocycles. The van der Waals surface area contributed by atoms with Gasteiger partial charge in [0.05, 0.1) is 12.3 Å². The van der Waals surface area contributed by atoms with Crippen LogP contribution in [0.15, 0.2) is 50.9 Å². The van der Waals surface area contributed by atoms with Crippen LogP contribution in [0.3, 0.4) is 0 Å². The topological polar surface area (TPSA) is 71.2 Å². The minimum atomic E-state index is -0.712. The zero-order chi connectivity index (χ0) is 12.7. The molecule has 1 rings (SSSR count). The van der Waals surface area contributed by atoms with E-state index in [2.05, 4.69) is 30.9 Å². The molecule has 0 radical (unpaired) electrons. The average molecular weight is 299 g/mol. The van der Waals surface area contributed by atoms with Crippen LogP contribution in [-0.2, 0) is 9.53 Å². The van der Waals surface area contributed by atoms with Gasteiger partial charge in [0.2, 0.25) is 5.70 Å². The minimum absolute atomic E-state index is 0.212. The van der Waals surface area contributed by atoms with E-state index in [0.717, 1.165) is 4.47 Å². The third-order valence-corrected chi connectivity index (χ3v) is 2.24. The molecule has 0 aliphatic heterocycles. The second-order valence-corrected chi connectivity index (χ2v) is 3.83. The molecule has 0 unspecified atom stereocenters. The molecular formula is C11H11BrN2O3. The summed E-state index contributed by atoms with van der Waals surface area (Å²) in [6.07, 6.45) is 0.570. The first kappa shape index (κ1) is 13.4. The van der Waals surface area contributed by atoms with E-state index in [1.165, 1.54) is 0 Å². The number of ether oxygens (including phenoxy) is 1. The fourth-order valence-electron chi connectivity index (χ4n) is 0.944. The van der Waals surface area contributed by atoms with Crippen LogP contribution in [0.2, 0.25) is 0 Å². The van der Waals surface area contributed by atoms with Gasteiger partial charge in [-0.2, -0.15) is 5.11 Å². The van der Waals surface area contributed by atoms with Crippen molar-refractivity contribution in [1.82, 2.24) is 0 Å². The van der Waals surface area contributed by atoms with Gasteiger partial charge in [0.1, 0.15) is 6.26 Å². The Morgan fingerprint density at radius 3 is 2.65 bits per heavy atom. The van der Waals surface area contributed by atoms with Gasteiger partial charge in [-0.25, -0.2) is 4.79 Å². The number of aliphatic hydroxyl groups is 1. The summed E-state index contributed by atoms with van der Waals surface area (Å²) in [4.78, 5) is 11.2. The Bertz CT molecular complexity index is 441. The highest BCUT2D eigenvalue weighted by Crippen LogP contribution is 2.18. The maximum atomic E-state index is 11.2. The number of halogens is 1. The van der Waals surface area contributed by atoms with E-state index in [0.29, 0.717) is 11.9 Å². The van der Waals surface area contributed by atoms with Crippen molar-refractivity contribution in [2.24, 2.45) is 10.2 Å². The number of carbonyl (C=O) groups is 1. The minimum Gasteiger partial charge on any atom is -0.513 e. The summed E-state index contributed by atoms with van der Waals surface area (Å²) < 4.78 is 5.59. The molecular weight excluding hydrogens is 288 g/mol.